The van der Waals surface area contributed by atoms with E-state index in [1.54, 1.807) is 0 Å². The van der Waals surface area contributed by atoms with Crippen LogP contribution >= 0.6 is 0 Å². The maximum Gasteiger partial charge on any atom is 0.119 e. The molecule has 0 saturated heterocycles. The Morgan fingerprint density at radius 3 is 2.44 bits per heavy atom. The van der Waals surface area contributed by atoms with Crippen molar-refractivity contribution in [2.24, 2.45) is 5.92 Å². The first-order valence-corrected chi connectivity index (χ1v) is 6.15. The van der Waals surface area contributed by atoms with Gasteiger partial charge in [0.1, 0.15) is 5.75 Å². The first kappa shape index (κ1) is 13.0. The predicted octanol–water partition coefficient (Wildman–Crippen LogP) is 3.09. The van der Waals surface area contributed by atoms with E-state index in [4.69, 9.17) is 4.74 Å². The van der Waals surface area contributed by atoms with Gasteiger partial charge in [0.25, 0.3) is 0 Å². The molecule has 0 amide bonds. The van der Waals surface area contributed by atoms with Gasteiger partial charge in [0.15, 0.2) is 0 Å². The highest BCUT2D eigenvalue weighted by Crippen LogP contribution is 2.11. The third-order valence-corrected chi connectivity index (χ3v) is 2.71. The summed E-state index contributed by atoms with van der Waals surface area (Å²) in [6.45, 7) is 8.44. The van der Waals surface area contributed by atoms with Crippen molar-refractivity contribution in [1.82, 2.24) is 5.32 Å². The Kier molecular flexibility index (Phi) is 5.94. The van der Waals surface area contributed by atoms with Gasteiger partial charge in [-0.05, 0) is 31.0 Å². The molecule has 1 aromatic carbocycles. The van der Waals surface area contributed by atoms with Crippen molar-refractivity contribution in [2.75, 3.05) is 13.2 Å². The number of hydrogen-bond donors (Lipinski definition) is 1. The summed E-state index contributed by atoms with van der Waals surface area (Å²) in [4.78, 5) is 0. The highest BCUT2D eigenvalue weighted by atomic mass is 16.5. The van der Waals surface area contributed by atoms with Crippen LogP contribution in [0.4, 0.5) is 0 Å². The monoisotopic (exact) mass is 221 g/mol. The Morgan fingerprint density at radius 1 is 1.19 bits per heavy atom. The lowest BCUT2D eigenvalue weighted by Gasteiger charge is -2.21. The molecule has 0 radical (unpaired) electrons. The number of hydrogen-bond acceptors (Lipinski definition) is 2. The van der Waals surface area contributed by atoms with Crippen LogP contribution in [0.2, 0.25) is 0 Å². The molecule has 0 bridgehead atoms. The minimum atomic E-state index is 0.550. The van der Waals surface area contributed by atoms with Gasteiger partial charge in [-0.15, -0.1) is 0 Å². The van der Waals surface area contributed by atoms with Crippen molar-refractivity contribution in [1.29, 1.82) is 0 Å². The zero-order valence-corrected chi connectivity index (χ0v) is 10.6. The number of benzene rings is 1. The highest BCUT2D eigenvalue weighted by molar-refractivity contribution is 5.20. The van der Waals surface area contributed by atoms with E-state index in [-0.39, 0.29) is 0 Å². The fraction of sp³-hybridized carbons (Fsp3) is 0.571. The largest absolute Gasteiger partial charge is 0.494 e. The lowest BCUT2D eigenvalue weighted by Crippen LogP contribution is -2.35. The van der Waals surface area contributed by atoms with Crippen LogP contribution in [0.25, 0.3) is 0 Å². The molecule has 90 valence electrons. The van der Waals surface area contributed by atoms with Gasteiger partial charge in [-0.3, -0.25) is 0 Å². The van der Waals surface area contributed by atoms with E-state index < -0.39 is 0 Å². The van der Waals surface area contributed by atoms with Crippen LogP contribution in [0.1, 0.15) is 27.2 Å². The van der Waals surface area contributed by atoms with E-state index in [9.17, 15) is 0 Å². The minimum absolute atomic E-state index is 0.550. The van der Waals surface area contributed by atoms with Crippen LogP contribution in [-0.4, -0.2) is 19.2 Å². The molecule has 1 aromatic rings. The molecule has 0 heterocycles. The predicted molar refractivity (Wildman–Crippen MR) is 68.9 cm³/mol. The Hall–Kier alpha value is -1.02. The maximum absolute atomic E-state index is 5.69. The molecule has 1 rings (SSSR count). The standard InChI is InChI=1S/C14H23NO/c1-4-15-14(12(2)3)10-11-16-13-8-6-5-7-9-13/h5-9,12,14-15H,4,10-11H2,1-3H3. The van der Waals surface area contributed by atoms with Gasteiger partial charge in [-0.25, -0.2) is 0 Å². The Balaban J connectivity index is 2.28. The minimum Gasteiger partial charge on any atom is -0.494 e. The molecule has 1 unspecified atom stereocenters. The fourth-order valence-corrected chi connectivity index (χ4v) is 1.75. The van der Waals surface area contributed by atoms with Crippen LogP contribution in [0.15, 0.2) is 30.3 Å². The summed E-state index contributed by atoms with van der Waals surface area (Å²) < 4.78 is 5.69. The summed E-state index contributed by atoms with van der Waals surface area (Å²) in [6, 6.07) is 10.5. The molecule has 1 N–H and O–H groups in total. The molecule has 0 aliphatic heterocycles. The zero-order valence-electron chi connectivity index (χ0n) is 10.6. The van der Waals surface area contributed by atoms with Gasteiger partial charge < -0.3 is 10.1 Å². The quantitative estimate of drug-likeness (QED) is 0.764. The topological polar surface area (TPSA) is 21.3 Å². The number of rotatable bonds is 7. The summed E-state index contributed by atoms with van der Waals surface area (Å²) >= 11 is 0. The SMILES string of the molecule is CCNC(CCOc1ccccc1)C(C)C. The Labute approximate surface area is 99.0 Å². The molecule has 0 fully saturated rings. The summed E-state index contributed by atoms with van der Waals surface area (Å²) in [5, 5.41) is 3.49. The lowest BCUT2D eigenvalue weighted by molar-refractivity contribution is 0.264. The second-order valence-electron chi connectivity index (χ2n) is 4.36. The van der Waals surface area contributed by atoms with Gasteiger partial charge in [0, 0.05) is 6.04 Å². The van der Waals surface area contributed by atoms with Crippen molar-refractivity contribution in [3.8, 4) is 5.75 Å². The highest BCUT2D eigenvalue weighted by Gasteiger charge is 2.11. The Bertz CT molecular complexity index is 271. The van der Waals surface area contributed by atoms with Gasteiger partial charge in [-0.1, -0.05) is 39.0 Å². The number of ether oxygens (including phenoxy) is 1. The molecule has 16 heavy (non-hydrogen) atoms. The lowest BCUT2D eigenvalue weighted by atomic mass is 10.0. The molecule has 0 aliphatic rings. The molecule has 1 atom stereocenters. The third kappa shape index (κ3) is 4.67. The molecule has 2 heteroatoms. The van der Waals surface area contributed by atoms with Crippen molar-refractivity contribution in [3.63, 3.8) is 0 Å². The average Bonchev–Trinajstić information content (AvgIpc) is 2.29. The van der Waals surface area contributed by atoms with Gasteiger partial charge in [-0.2, -0.15) is 0 Å². The normalized spacial score (nSPS) is 12.8. The maximum atomic E-state index is 5.69. The van der Waals surface area contributed by atoms with Crippen LogP contribution in [0.3, 0.4) is 0 Å². The molecule has 0 aromatic heterocycles. The third-order valence-electron chi connectivity index (χ3n) is 2.71. The van der Waals surface area contributed by atoms with E-state index >= 15 is 0 Å². The summed E-state index contributed by atoms with van der Waals surface area (Å²) in [5.74, 6) is 1.61. The van der Waals surface area contributed by atoms with Crippen molar-refractivity contribution in [3.05, 3.63) is 30.3 Å². The van der Waals surface area contributed by atoms with Crippen LogP contribution < -0.4 is 10.1 Å². The summed E-state index contributed by atoms with van der Waals surface area (Å²) in [5.41, 5.74) is 0. The van der Waals surface area contributed by atoms with E-state index in [1.807, 2.05) is 30.3 Å². The van der Waals surface area contributed by atoms with E-state index in [2.05, 4.69) is 26.1 Å². The second kappa shape index (κ2) is 7.29. The molecular weight excluding hydrogens is 198 g/mol. The molecule has 0 saturated carbocycles. The smallest absolute Gasteiger partial charge is 0.119 e. The first-order chi connectivity index (χ1) is 7.74. The Morgan fingerprint density at radius 2 is 1.88 bits per heavy atom. The molecule has 0 aliphatic carbocycles. The van der Waals surface area contributed by atoms with E-state index in [0.29, 0.717) is 12.0 Å². The van der Waals surface area contributed by atoms with Crippen molar-refractivity contribution >= 4 is 0 Å². The van der Waals surface area contributed by atoms with Crippen LogP contribution in [0.5, 0.6) is 5.75 Å². The summed E-state index contributed by atoms with van der Waals surface area (Å²) in [7, 11) is 0. The van der Waals surface area contributed by atoms with Crippen LogP contribution in [0, 0.1) is 5.92 Å². The van der Waals surface area contributed by atoms with Crippen molar-refractivity contribution in [2.45, 2.75) is 33.2 Å². The molecular formula is C14H23NO. The van der Waals surface area contributed by atoms with Crippen molar-refractivity contribution < 1.29 is 4.74 Å². The summed E-state index contributed by atoms with van der Waals surface area (Å²) in [6.07, 6.45) is 1.06. The average molecular weight is 221 g/mol. The van der Waals surface area contributed by atoms with E-state index in [0.717, 1.165) is 25.3 Å². The van der Waals surface area contributed by atoms with E-state index in [1.165, 1.54) is 0 Å². The van der Waals surface area contributed by atoms with Gasteiger partial charge >= 0.3 is 0 Å². The van der Waals surface area contributed by atoms with Crippen LogP contribution in [-0.2, 0) is 0 Å². The molecule has 0 spiro atoms. The number of para-hydroxylation sites is 1. The first-order valence-electron chi connectivity index (χ1n) is 6.15. The zero-order chi connectivity index (χ0) is 11.8. The number of nitrogens with one attached hydrogen (secondary N) is 1. The molecule has 2 nitrogen and oxygen atoms in total. The van der Waals surface area contributed by atoms with Gasteiger partial charge in [0.2, 0.25) is 0 Å². The second-order valence-corrected chi connectivity index (χ2v) is 4.36. The fourth-order valence-electron chi connectivity index (χ4n) is 1.75. The van der Waals surface area contributed by atoms with Gasteiger partial charge in [0.05, 0.1) is 6.61 Å².